The van der Waals surface area contributed by atoms with E-state index in [0.717, 1.165) is 17.1 Å². The van der Waals surface area contributed by atoms with E-state index < -0.39 is 0 Å². The Morgan fingerprint density at radius 1 is 0.0833 bits per heavy atom. The van der Waals surface area contributed by atoms with Crippen molar-refractivity contribution in [1.82, 2.24) is 27.4 Å². The summed E-state index contributed by atoms with van der Waals surface area (Å²) in [4.78, 5) is 0. The van der Waals surface area contributed by atoms with E-state index >= 15 is 0 Å². The van der Waals surface area contributed by atoms with Gasteiger partial charge in [-0.1, -0.05) is 382 Å². The van der Waals surface area contributed by atoms with E-state index in [2.05, 4.69) is 573 Å². The van der Waals surface area contributed by atoms with E-state index in [4.69, 9.17) is 0 Å². The largest absolute Gasteiger partial charge is 0.309 e. The van der Waals surface area contributed by atoms with Crippen LogP contribution in [0.15, 0.2) is 546 Å². The van der Waals surface area contributed by atoms with Crippen LogP contribution in [0.2, 0.25) is 0 Å². The van der Waals surface area contributed by atoms with Crippen LogP contribution in [0, 0.1) is 0 Å². The SMILES string of the molecule is c1ccc(-c2ccc(-n3c4ccccc4c4ccc(-c5ccc6c(c5)c5ccccc5n6-c5ccc6ccccc6c5)cc43)cc2)cc1.c1ccc(-c2cccc(-n3c4ccccc4c4cc(-c5ccc6c7ccccc7n(-c7ccc8ccccc8c7)c6c5)ccc43)c2)cc1.c1ccc(-c2cccc(-n3c4ccccc4c4ccc(-c5ccc6c(c5)c5ccccc5n6-c5ccc6ccccc6c5)cc43)c2)cc1. The fraction of sp³-hybridized carbons (Fsp3) is 0. The van der Waals surface area contributed by atoms with Crippen molar-refractivity contribution >= 4 is 163 Å². The van der Waals surface area contributed by atoms with E-state index in [-0.39, 0.29) is 0 Å². The van der Waals surface area contributed by atoms with Crippen molar-refractivity contribution in [2.24, 2.45) is 0 Å². The zero-order valence-electron chi connectivity index (χ0n) is 78.6. The highest BCUT2D eigenvalue weighted by Gasteiger charge is 2.24. The molecule has 0 bridgehead atoms. The molecule has 24 aromatic carbocycles. The quantitative estimate of drug-likeness (QED) is 0.117. The van der Waals surface area contributed by atoms with Crippen molar-refractivity contribution in [2.45, 2.75) is 0 Å². The summed E-state index contributed by atoms with van der Waals surface area (Å²) in [5.74, 6) is 0. The van der Waals surface area contributed by atoms with Gasteiger partial charge in [-0.25, -0.2) is 0 Å². The maximum atomic E-state index is 2.42. The van der Waals surface area contributed by atoms with Crippen LogP contribution < -0.4 is 0 Å². The topological polar surface area (TPSA) is 29.6 Å². The molecule has 0 N–H and O–H groups in total. The van der Waals surface area contributed by atoms with Gasteiger partial charge >= 0.3 is 0 Å². The standard InChI is InChI=1S/3C46H30N2/c1-2-11-31(12-3-1)34-15-10-16-37(27-34)48-43-19-8-6-17-39(43)41-25-22-36(30-46(41)48)35-23-26-45-42(29-35)40-18-7-9-20-44(40)47(45)38-24-21-32-13-4-5-14-33(32)28-38;1-2-11-31(12-3-1)34-15-10-16-37(27-34)47-44-20-9-7-18-40(44)42-29-35(23-26-45(42)47)36-22-25-41-39-17-6-8-19-43(39)48(46(41)30-36)38-24-21-32-13-4-5-14-33(32)28-38;1-2-10-31(11-3-1)33-18-23-37(24-19-33)47-43-16-8-6-14-39(43)41-26-21-36(30-46(41)47)35-22-27-45-42(29-35)40-15-7-9-17-44(40)48(45)38-25-20-32-12-4-5-13-34(32)28-38/h3*1-30H. The molecule has 0 aliphatic rings. The molecule has 0 saturated carbocycles. The van der Waals surface area contributed by atoms with Gasteiger partial charge in [-0.3, -0.25) is 0 Å². The van der Waals surface area contributed by atoms with Gasteiger partial charge in [0.1, 0.15) is 0 Å². The molecule has 144 heavy (non-hydrogen) atoms. The molecule has 0 spiro atoms. The third-order valence-electron chi connectivity index (χ3n) is 29.7. The van der Waals surface area contributed by atoms with Crippen LogP contribution in [-0.4, -0.2) is 27.4 Å². The van der Waals surface area contributed by atoms with E-state index in [1.165, 1.54) is 247 Å². The van der Waals surface area contributed by atoms with Crippen LogP contribution in [0.25, 0.3) is 264 Å². The third kappa shape index (κ3) is 14.2. The van der Waals surface area contributed by atoms with Crippen molar-refractivity contribution in [3.63, 3.8) is 0 Å². The normalized spacial score (nSPS) is 11.8. The molecular weight excluding hydrogens is 1740 g/mol. The molecule has 0 aliphatic carbocycles. The zero-order valence-corrected chi connectivity index (χ0v) is 78.6. The summed E-state index contributed by atoms with van der Waals surface area (Å²) in [7, 11) is 0. The Morgan fingerprint density at radius 2 is 0.278 bits per heavy atom. The molecule has 0 fully saturated rings. The lowest BCUT2D eigenvalue weighted by Crippen LogP contribution is -1.95. The molecule has 30 aromatic rings. The first kappa shape index (κ1) is 83.1. The Morgan fingerprint density at radius 3 is 0.597 bits per heavy atom. The molecule has 0 unspecified atom stereocenters. The van der Waals surface area contributed by atoms with Crippen molar-refractivity contribution < 1.29 is 0 Å². The maximum Gasteiger partial charge on any atom is 0.0547 e. The lowest BCUT2D eigenvalue weighted by Gasteiger charge is -2.12. The number of fused-ring (bicyclic) bond motifs is 21. The summed E-state index contributed by atoms with van der Waals surface area (Å²) in [6, 6.07) is 199. The molecule has 672 valence electrons. The molecule has 0 aliphatic heterocycles. The summed E-state index contributed by atoms with van der Waals surface area (Å²) in [6.45, 7) is 0. The van der Waals surface area contributed by atoms with E-state index in [1.54, 1.807) is 0 Å². The Balaban J connectivity index is 0.000000105. The zero-order chi connectivity index (χ0) is 94.8. The molecule has 0 atom stereocenters. The average molecular weight is 1830 g/mol. The second-order valence-electron chi connectivity index (χ2n) is 37.8. The van der Waals surface area contributed by atoms with Crippen LogP contribution in [0.3, 0.4) is 0 Å². The first-order valence-corrected chi connectivity index (χ1v) is 49.6. The second kappa shape index (κ2) is 34.5. The first-order valence-electron chi connectivity index (χ1n) is 49.6. The van der Waals surface area contributed by atoms with Crippen LogP contribution >= 0.6 is 0 Å². The fourth-order valence-corrected chi connectivity index (χ4v) is 22.9. The molecule has 6 heteroatoms. The second-order valence-corrected chi connectivity index (χ2v) is 37.8. The summed E-state index contributed by atoms with van der Waals surface area (Å²) in [5, 5.41) is 22.6. The lowest BCUT2D eigenvalue weighted by molar-refractivity contribution is 1.18. The number of hydrogen-bond donors (Lipinski definition) is 0. The maximum absolute atomic E-state index is 2.42. The molecule has 6 aromatic heterocycles. The minimum Gasteiger partial charge on any atom is -0.309 e. The van der Waals surface area contributed by atoms with Crippen molar-refractivity contribution in [1.29, 1.82) is 0 Å². The number of rotatable bonds is 12. The van der Waals surface area contributed by atoms with E-state index in [0.29, 0.717) is 0 Å². The summed E-state index contributed by atoms with van der Waals surface area (Å²) < 4.78 is 14.5. The number of hydrogen-bond acceptors (Lipinski definition) is 0. The third-order valence-corrected chi connectivity index (χ3v) is 29.7. The van der Waals surface area contributed by atoms with Gasteiger partial charge in [-0.15, -0.1) is 0 Å². The molecule has 6 nitrogen and oxygen atoms in total. The fourth-order valence-electron chi connectivity index (χ4n) is 22.9. The van der Waals surface area contributed by atoms with Crippen molar-refractivity contribution in [3.8, 4) is 101 Å². The molecule has 0 amide bonds. The molecule has 0 radical (unpaired) electrons. The number of benzene rings is 24. The summed E-state index contributed by atoms with van der Waals surface area (Å²) in [5.41, 5.74) is 36.1. The number of aromatic nitrogens is 6. The Bertz CT molecular complexity index is 10400. The Hall–Kier alpha value is -19.1. The highest BCUT2D eigenvalue weighted by molar-refractivity contribution is 6.18. The summed E-state index contributed by atoms with van der Waals surface area (Å²) in [6.07, 6.45) is 0. The minimum absolute atomic E-state index is 1.16. The van der Waals surface area contributed by atoms with Gasteiger partial charge in [-0.05, 0) is 263 Å². The monoisotopic (exact) mass is 1830 g/mol. The van der Waals surface area contributed by atoms with E-state index in [1.807, 2.05) is 0 Å². The first-order chi connectivity index (χ1) is 71.4. The van der Waals surface area contributed by atoms with E-state index in [9.17, 15) is 0 Å². The van der Waals surface area contributed by atoms with Crippen molar-refractivity contribution in [3.05, 3.63) is 546 Å². The van der Waals surface area contributed by atoms with Gasteiger partial charge in [0, 0.05) is 98.8 Å². The molecule has 30 rings (SSSR count). The molecule has 0 saturated heterocycles. The summed E-state index contributed by atoms with van der Waals surface area (Å²) >= 11 is 0. The molecular formula is C138H90N6. The van der Waals surface area contributed by atoms with Crippen molar-refractivity contribution in [2.75, 3.05) is 0 Å². The predicted molar refractivity (Wildman–Crippen MR) is 610 cm³/mol. The van der Waals surface area contributed by atoms with Gasteiger partial charge in [0.2, 0.25) is 0 Å². The van der Waals surface area contributed by atoms with Crippen LogP contribution in [0.4, 0.5) is 0 Å². The lowest BCUT2D eigenvalue weighted by atomic mass is 10.0. The Labute approximate surface area is 831 Å². The van der Waals surface area contributed by atoms with Gasteiger partial charge in [-0.2, -0.15) is 0 Å². The average Bonchev–Trinajstić information content (AvgIpc) is 1.58. The highest BCUT2D eigenvalue weighted by atomic mass is 15.0. The minimum atomic E-state index is 1.16. The number of nitrogens with zero attached hydrogens (tertiary/aromatic N) is 6. The predicted octanol–water partition coefficient (Wildman–Crippen LogP) is 37.1. The van der Waals surface area contributed by atoms with Crippen LogP contribution in [0.1, 0.15) is 0 Å². The van der Waals surface area contributed by atoms with Gasteiger partial charge in [0.05, 0.1) is 66.2 Å². The highest BCUT2D eigenvalue weighted by Crippen LogP contribution is 2.46. The van der Waals surface area contributed by atoms with Gasteiger partial charge in [0.25, 0.3) is 0 Å². The van der Waals surface area contributed by atoms with Crippen LogP contribution in [0.5, 0.6) is 0 Å². The molecule has 6 heterocycles. The van der Waals surface area contributed by atoms with Crippen LogP contribution in [-0.2, 0) is 0 Å². The smallest absolute Gasteiger partial charge is 0.0547 e. The van der Waals surface area contributed by atoms with Gasteiger partial charge < -0.3 is 27.4 Å². The van der Waals surface area contributed by atoms with Gasteiger partial charge in [0.15, 0.2) is 0 Å². The number of para-hydroxylation sites is 6. The Kier molecular flexibility index (Phi) is 19.9.